The van der Waals surface area contributed by atoms with Crippen LogP contribution < -0.4 is 9.64 Å². The minimum Gasteiger partial charge on any atom is -0.507 e. The zero-order valence-corrected chi connectivity index (χ0v) is 19.1. The van der Waals surface area contributed by atoms with Crippen molar-refractivity contribution in [1.29, 1.82) is 0 Å². The average Bonchev–Trinajstić information content (AvgIpc) is 3.30. The van der Waals surface area contributed by atoms with Crippen LogP contribution in [0.4, 0.5) is 5.13 Å². The zero-order valence-electron chi connectivity index (χ0n) is 16.7. The Labute approximate surface area is 191 Å². The van der Waals surface area contributed by atoms with Crippen LogP contribution in [0.5, 0.6) is 5.75 Å². The molecule has 1 atom stereocenters. The quantitative estimate of drug-likeness (QED) is 0.312. The monoisotopic (exact) mass is 499 g/mol. The Balaban J connectivity index is 1.87. The first kappa shape index (κ1) is 21.2. The lowest BCUT2D eigenvalue weighted by atomic mass is 9.95. The average molecular weight is 500 g/mol. The maximum atomic E-state index is 13.0. The second-order valence-corrected chi connectivity index (χ2v) is 8.86. The van der Waals surface area contributed by atoms with Gasteiger partial charge in [-0.15, -0.1) is 10.2 Å². The maximum absolute atomic E-state index is 13.0. The number of hydrogen-bond donors (Lipinski definition) is 1. The van der Waals surface area contributed by atoms with Gasteiger partial charge in [-0.2, -0.15) is 0 Å². The smallest absolute Gasteiger partial charge is 0.301 e. The second kappa shape index (κ2) is 8.60. The van der Waals surface area contributed by atoms with Crippen molar-refractivity contribution in [1.82, 2.24) is 10.2 Å². The lowest BCUT2D eigenvalue weighted by Gasteiger charge is -2.22. The number of amides is 1. The first-order chi connectivity index (χ1) is 14.9. The topological polar surface area (TPSA) is 92.6 Å². The predicted octanol–water partition coefficient (Wildman–Crippen LogP) is 4.63. The number of aromatic nitrogens is 2. The molecule has 7 nitrogen and oxygen atoms in total. The number of aryl methyl sites for hydroxylation is 1. The standard InChI is InChI=1S/C22H18BrN3O4S/c1-3-30-16-10-6-14(7-11-16)19(27)17-18(13-4-8-15(23)9-5-13)26(21(29)20(17)28)22-25-24-12(2)31-22/h4-11,18,27H,3H2,1-2H3/b19-17+/t18-/m1/s1. The normalized spacial score (nSPS) is 17.9. The number of ketones is 1. The number of ether oxygens (including phenoxy) is 1. The number of Topliss-reactive ketones (excluding diaryl/α,β-unsaturated/α-hetero) is 1. The van der Waals surface area contributed by atoms with Crippen LogP contribution in [0.15, 0.2) is 58.6 Å². The van der Waals surface area contributed by atoms with Crippen molar-refractivity contribution in [2.45, 2.75) is 19.9 Å². The van der Waals surface area contributed by atoms with E-state index in [4.69, 9.17) is 4.74 Å². The number of hydrogen-bond acceptors (Lipinski definition) is 7. The van der Waals surface area contributed by atoms with E-state index in [9.17, 15) is 14.7 Å². The molecule has 1 saturated heterocycles. The van der Waals surface area contributed by atoms with Gasteiger partial charge < -0.3 is 9.84 Å². The largest absolute Gasteiger partial charge is 0.507 e. The van der Waals surface area contributed by atoms with E-state index in [1.54, 1.807) is 43.3 Å². The Morgan fingerprint density at radius 2 is 1.81 bits per heavy atom. The SMILES string of the molecule is CCOc1ccc(/C(O)=C2\C(=O)C(=O)N(c3nnc(C)s3)[C@@H]2c2ccc(Br)cc2)cc1. The molecule has 1 aliphatic heterocycles. The van der Waals surface area contributed by atoms with Crippen molar-refractivity contribution in [3.8, 4) is 5.75 Å². The number of halogens is 1. The number of aliphatic hydroxyl groups excluding tert-OH is 1. The molecule has 0 spiro atoms. The molecule has 1 N–H and O–H groups in total. The molecular weight excluding hydrogens is 482 g/mol. The summed E-state index contributed by atoms with van der Waals surface area (Å²) >= 11 is 4.61. The fraction of sp³-hybridized carbons (Fsp3) is 0.182. The summed E-state index contributed by atoms with van der Waals surface area (Å²) in [4.78, 5) is 27.3. The summed E-state index contributed by atoms with van der Waals surface area (Å²) in [6.45, 7) is 4.16. The van der Waals surface area contributed by atoms with Gasteiger partial charge in [-0.05, 0) is 55.8 Å². The molecule has 0 bridgehead atoms. The summed E-state index contributed by atoms with van der Waals surface area (Å²) in [5.41, 5.74) is 1.09. The van der Waals surface area contributed by atoms with E-state index >= 15 is 0 Å². The van der Waals surface area contributed by atoms with Crippen molar-refractivity contribution in [3.05, 3.63) is 74.7 Å². The summed E-state index contributed by atoms with van der Waals surface area (Å²) in [6, 6.07) is 13.1. The Hall–Kier alpha value is -3.04. The van der Waals surface area contributed by atoms with Crippen molar-refractivity contribution >= 4 is 49.8 Å². The van der Waals surface area contributed by atoms with Gasteiger partial charge in [0.1, 0.15) is 16.5 Å². The minimum atomic E-state index is -0.827. The molecule has 2 aromatic carbocycles. The fourth-order valence-corrected chi connectivity index (χ4v) is 4.38. The van der Waals surface area contributed by atoms with Gasteiger partial charge in [0.15, 0.2) is 0 Å². The number of rotatable bonds is 5. The maximum Gasteiger partial charge on any atom is 0.301 e. The van der Waals surface area contributed by atoms with E-state index in [1.807, 2.05) is 19.1 Å². The van der Waals surface area contributed by atoms with E-state index in [1.165, 1.54) is 16.2 Å². The van der Waals surface area contributed by atoms with Crippen LogP contribution in [-0.4, -0.2) is 33.6 Å². The number of carbonyl (C=O) groups is 2. The van der Waals surface area contributed by atoms with Crippen LogP contribution in [0.1, 0.15) is 29.1 Å². The lowest BCUT2D eigenvalue weighted by molar-refractivity contribution is -0.132. The third-order valence-corrected chi connectivity index (χ3v) is 6.16. The summed E-state index contributed by atoms with van der Waals surface area (Å²) in [5.74, 6) is -1.13. The molecule has 31 heavy (non-hydrogen) atoms. The number of carbonyl (C=O) groups excluding carboxylic acids is 2. The minimum absolute atomic E-state index is 0.00401. The number of nitrogens with zero attached hydrogens (tertiary/aromatic N) is 3. The Morgan fingerprint density at radius 3 is 2.39 bits per heavy atom. The first-order valence-corrected chi connectivity index (χ1v) is 11.1. The molecule has 0 saturated carbocycles. The van der Waals surface area contributed by atoms with Gasteiger partial charge in [0.2, 0.25) is 5.13 Å². The van der Waals surface area contributed by atoms with Gasteiger partial charge in [-0.1, -0.05) is 39.4 Å². The molecule has 1 aromatic heterocycles. The van der Waals surface area contributed by atoms with E-state index in [2.05, 4.69) is 26.1 Å². The van der Waals surface area contributed by atoms with Crippen molar-refractivity contribution in [2.75, 3.05) is 11.5 Å². The summed E-state index contributed by atoms with van der Waals surface area (Å²) in [5, 5.41) is 20.1. The first-order valence-electron chi connectivity index (χ1n) is 9.50. The summed E-state index contributed by atoms with van der Waals surface area (Å²) < 4.78 is 6.29. The van der Waals surface area contributed by atoms with Gasteiger partial charge in [-0.3, -0.25) is 14.5 Å². The van der Waals surface area contributed by atoms with Gasteiger partial charge in [-0.25, -0.2) is 0 Å². The number of benzene rings is 2. The summed E-state index contributed by atoms with van der Waals surface area (Å²) in [7, 11) is 0. The van der Waals surface area contributed by atoms with Crippen molar-refractivity contribution in [3.63, 3.8) is 0 Å². The van der Waals surface area contributed by atoms with Gasteiger partial charge in [0, 0.05) is 10.0 Å². The summed E-state index contributed by atoms with van der Waals surface area (Å²) in [6.07, 6.45) is 0. The number of anilines is 1. The van der Waals surface area contributed by atoms with E-state index in [0.717, 1.165) is 4.47 Å². The highest BCUT2D eigenvalue weighted by Gasteiger charge is 2.48. The van der Waals surface area contributed by atoms with Crippen molar-refractivity contribution in [2.24, 2.45) is 0 Å². The zero-order chi connectivity index (χ0) is 22.1. The van der Waals surface area contributed by atoms with Crippen LogP contribution in [0, 0.1) is 6.92 Å². The van der Waals surface area contributed by atoms with Gasteiger partial charge >= 0.3 is 5.91 Å². The van der Waals surface area contributed by atoms with Crippen LogP contribution in [0.25, 0.3) is 5.76 Å². The van der Waals surface area contributed by atoms with Gasteiger partial charge in [0.25, 0.3) is 5.78 Å². The van der Waals surface area contributed by atoms with E-state index in [-0.39, 0.29) is 11.3 Å². The molecule has 4 rings (SSSR count). The molecule has 1 fully saturated rings. The highest BCUT2D eigenvalue weighted by Crippen LogP contribution is 2.43. The predicted molar refractivity (Wildman–Crippen MR) is 121 cm³/mol. The molecule has 158 valence electrons. The van der Waals surface area contributed by atoms with Crippen LogP contribution in [0.3, 0.4) is 0 Å². The Bertz CT molecular complexity index is 1170. The van der Waals surface area contributed by atoms with Crippen LogP contribution in [0.2, 0.25) is 0 Å². The molecule has 0 aliphatic carbocycles. The molecule has 1 amide bonds. The van der Waals surface area contributed by atoms with E-state index < -0.39 is 17.7 Å². The second-order valence-electron chi connectivity index (χ2n) is 6.78. The molecular formula is C22H18BrN3O4S. The molecule has 2 heterocycles. The van der Waals surface area contributed by atoms with Crippen LogP contribution in [-0.2, 0) is 9.59 Å². The molecule has 0 unspecified atom stereocenters. The van der Waals surface area contributed by atoms with Crippen molar-refractivity contribution < 1.29 is 19.4 Å². The third-order valence-electron chi connectivity index (χ3n) is 4.79. The highest BCUT2D eigenvalue weighted by atomic mass is 79.9. The highest BCUT2D eigenvalue weighted by molar-refractivity contribution is 9.10. The molecule has 3 aromatic rings. The van der Waals surface area contributed by atoms with Crippen LogP contribution >= 0.6 is 27.3 Å². The molecule has 9 heteroatoms. The van der Waals surface area contributed by atoms with Gasteiger partial charge in [0.05, 0.1) is 18.2 Å². The third kappa shape index (κ3) is 3.98. The number of aliphatic hydroxyl groups is 1. The lowest BCUT2D eigenvalue weighted by Crippen LogP contribution is -2.29. The molecule has 1 aliphatic rings. The molecule has 0 radical (unpaired) electrons. The fourth-order valence-electron chi connectivity index (χ4n) is 3.40. The van der Waals surface area contributed by atoms with E-state index in [0.29, 0.717) is 33.6 Å². The Morgan fingerprint density at radius 1 is 1.13 bits per heavy atom. The Kier molecular flexibility index (Phi) is 5.88.